The van der Waals surface area contributed by atoms with E-state index >= 15 is 0 Å². The number of H-pyrrole nitrogens is 1. The number of carboxylic acids is 1. The zero-order valence-corrected chi connectivity index (χ0v) is 8.09. The van der Waals surface area contributed by atoms with E-state index in [9.17, 15) is 9.59 Å². The third kappa shape index (κ3) is 2.30. The van der Waals surface area contributed by atoms with Crippen molar-refractivity contribution in [1.29, 1.82) is 0 Å². The number of hydrogen-bond acceptors (Lipinski definition) is 2. The van der Waals surface area contributed by atoms with Gasteiger partial charge in [0.15, 0.2) is 5.43 Å². The fraction of sp³-hybridized carbons (Fsp3) is 0. The summed E-state index contributed by atoms with van der Waals surface area (Å²) in [4.78, 5) is 23.4. The quantitative estimate of drug-likeness (QED) is 0.768. The van der Waals surface area contributed by atoms with Gasteiger partial charge in [0.1, 0.15) is 5.56 Å². The molecule has 0 bridgehead atoms. The third-order valence-electron chi connectivity index (χ3n) is 1.05. The number of aromatic nitrogens is 1. The van der Waals surface area contributed by atoms with Crippen LogP contribution in [0.2, 0.25) is 0 Å². The zero-order chi connectivity index (χ0) is 7.56. The standard InChI is InChI=1S/C6H5NO3.Re/c8-5-1-2-7-3-4(5)6(9)10;/h1-3H,(H,7,8)(H,9,10);. The number of hydrogen-bond donors (Lipinski definition) is 2. The minimum atomic E-state index is -1.21. The van der Waals surface area contributed by atoms with Crippen molar-refractivity contribution in [3.63, 3.8) is 0 Å². The average molecular weight is 325 g/mol. The number of rotatable bonds is 1. The number of carbonyl (C=O) groups is 1. The molecule has 0 spiro atoms. The molecule has 0 aliphatic heterocycles. The Kier molecular flexibility index (Phi) is 3.73. The molecule has 1 aromatic heterocycles. The van der Waals surface area contributed by atoms with Crippen LogP contribution < -0.4 is 5.43 Å². The minimum absolute atomic E-state index is 0. The summed E-state index contributed by atoms with van der Waals surface area (Å²) in [6, 6.07) is 1.17. The van der Waals surface area contributed by atoms with E-state index in [1.54, 1.807) is 0 Å². The summed E-state index contributed by atoms with van der Waals surface area (Å²) in [6.07, 6.45) is 2.54. The first-order chi connectivity index (χ1) is 4.72. The second-order valence-electron chi connectivity index (χ2n) is 1.73. The summed E-state index contributed by atoms with van der Waals surface area (Å²) in [6.45, 7) is 0. The van der Waals surface area contributed by atoms with Crippen LogP contribution in [-0.4, -0.2) is 16.1 Å². The maximum Gasteiger partial charge on any atom is 0.341 e. The second kappa shape index (κ2) is 4.06. The van der Waals surface area contributed by atoms with Crippen molar-refractivity contribution in [2.75, 3.05) is 0 Å². The van der Waals surface area contributed by atoms with Crippen molar-refractivity contribution < 1.29 is 30.3 Å². The first-order valence-electron chi connectivity index (χ1n) is 2.62. The number of aromatic amines is 1. The summed E-state index contributed by atoms with van der Waals surface area (Å²) in [5.41, 5.74) is -0.714. The summed E-state index contributed by atoms with van der Waals surface area (Å²) in [5, 5.41) is 8.35. The molecule has 0 saturated heterocycles. The van der Waals surface area contributed by atoms with E-state index in [1.165, 1.54) is 12.3 Å². The molecular weight excluding hydrogens is 320 g/mol. The number of carboxylic acid groups (broad SMARTS) is 1. The van der Waals surface area contributed by atoms with E-state index in [2.05, 4.69) is 4.98 Å². The number of pyridine rings is 1. The Morgan fingerprint density at radius 3 is 2.55 bits per heavy atom. The van der Waals surface area contributed by atoms with Crippen molar-refractivity contribution >= 4 is 5.97 Å². The van der Waals surface area contributed by atoms with Crippen LogP contribution in [0.15, 0.2) is 23.3 Å². The Morgan fingerprint density at radius 2 is 2.18 bits per heavy atom. The van der Waals surface area contributed by atoms with Gasteiger partial charge in [-0.1, -0.05) is 0 Å². The molecule has 11 heavy (non-hydrogen) atoms. The maximum atomic E-state index is 10.7. The van der Waals surface area contributed by atoms with Gasteiger partial charge in [0, 0.05) is 38.9 Å². The van der Waals surface area contributed by atoms with Crippen molar-refractivity contribution in [3.8, 4) is 0 Å². The Hall–Kier alpha value is -0.918. The number of nitrogens with one attached hydrogen (secondary N) is 1. The van der Waals surface area contributed by atoms with Gasteiger partial charge < -0.3 is 10.1 Å². The van der Waals surface area contributed by atoms with E-state index in [0.717, 1.165) is 6.20 Å². The van der Waals surface area contributed by atoms with Crippen molar-refractivity contribution in [1.82, 2.24) is 4.98 Å². The van der Waals surface area contributed by atoms with Crippen LogP contribution >= 0.6 is 0 Å². The monoisotopic (exact) mass is 326 g/mol. The molecule has 1 heterocycles. The maximum absolute atomic E-state index is 10.7. The molecule has 0 atom stereocenters. The minimum Gasteiger partial charge on any atom is -0.477 e. The molecule has 59 valence electrons. The Morgan fingerprint density at radius 1 is 1.55 bits per heavy atom. The molecule has 1 radical (unpaired) electrons. The fourth-order valence-corrected chi connectivity index (χ4v) is 0.583. The van der Waals surface area contributed by atoms with Gasteiger partial charge >= 0.3 is 5.97 Å². The van der Waals surface area contributed by atoms with Crippen LogP contribution in [0, 0.1) is 0 Å². The molecule has 0 saturated carbocycles. The summed E-state index contributed by atoms with van der Waals surface area (Å²) >= 11 is 0. The predicted octanol–water partition coefficient (Wildman–Crippen LogP) is 0.0706. The van der Waals surface area contributed by atoms with Gasteiger partial charge in [-0.3, -0.25) is 4.79 Å². The van der Waals surface area contributed by atoms with Gasteiger partial charge in [0.25, 0.3) is 0 Å². The Labute approximate surface area is 75.9 Å². The van der Waals surface area contributed by atoms with Crippen molar-refractivity contribution in [3.05, 3.63) is 34.2 Å². The molecule has 4 nitrogen and oxygen atoms in total. The van der Waals surface area contributed by atoms with Crippen molar-refractivity contribution in [2.24, 2.45) is 0 Å². The van der Waals surface area contributed by atoms with Gasteiger partial charge in [-0.2, -0.15) is 0 Å². The van der Waals surface area contributed by atoms with E-state index < -0.39 is 11.4 Å². The summed E-state index contributed by atoms with van der Waals surface area (Å²) in [5.74, 6) is -1.21. The Balaban J connectivity index is 0.000001000. The van der Waals surface area contributed by atoms with Gasteiger partial charge in [0.2, 0.25) is 0 Å². The molecule has 0 unspecified atom stereocenters. The normalized spacial score (nSPS) is 8.36. The van der Waals surface area contributed by atoms with E-state index in [4.69, 9.17) is 5.11 Å². The molecule has 0 fully saturated rings. The molecule has 1 aromatic rings. The molecule has 0 aromatic carbocycles. The van der Waals surface area contributed by atoms with Crippen LogP contribution in [0.5, 0.6) is 0 Å². The van der Waals surface area contributed by atoms with Gasteiger partial charge in [-0.15, -0.1) is 0 Å². The van der Waals surface area contributed by atoms with Crippen LogP contribution in [-0.2, 0) is 20.4 Å². The van der Waals surface area contributed by atoms with Gasteiger partial charge in [0.05, 0.1) is 0 Å². The first kappa shape index (κ1) is 10.1. The van der Waals surface area contributed by atoms with Crippen LogP contribution in [0.3, 0.4) is 0 Å². The average Bonchev–Trinajstić information content (AvgIpc) is 1.88. The molecular formula is C6H5NO3Re. The fourth-order valence-electron chi connectivity index (χ4n) is 0.583. The largest absolute Gasteiger partial charge is 0.477 e. The van der Waals surface area contributed by atoms with Gasteiger partial charge in [-0.25, -0.2) is 4.79 Å². The van der Waals surface area contributed by atoms with Crippen molar-refractivity contribution in [2.45, 2.75) is 0 Å². The molecule has 2 N–H and O–H groups in total. The molecule has 0 amide bonds. The van der Waals surface area contributed by atoms with E-state index in [1.807, 2.05) is 0 Å². The van der Waals surface area contributed by atoms with E-state index in [-0.39, 0.29) is 26.0 Å². The van der Waals surface area contributed by atoms with Crippen LogP contribution in [0.25, 0.3) is 0 Å². The van der Waals surface area contributed by atoms with E-state index in [0.29, 0.717) is 0 Å². The number of aromatic carboxylic acids is 1. The summed E-state index contributed by atoms with van der Waals surface area (Å²) in [7, 11) is 0. The Bertz CT molecular complexity index is 307. The SMILES string of the molecule is O=C(O)c1c[nH]ccc1=O.[Re]. The third-order valence-corrected chi connectivity index (χ3v) is 1.05. The first-order valence-corrected chi connectivity index (χ1v) is 2.62. The second-order valence-corrected chi connectivity index (χ2v) is 1.73. The predicted molar refractivity (Wildman–Crippen MR) is 34.0 cm³/mol. The summed E-state index contributed by atoms with van der Waals surface area (Å²) < 4.78 is 0. The molecule has 0 aliphatic rings. The van der Waals surface area contributed by atoms with Crippen LogP contribution in [0.4, 0.5) is 0 Å². The van der Waals surface area contributed by atoms with Gasteiger partial charge in [-0.05, 0) is 0 Å². The molecule has 1 rings (SSSR count). The smallest absolute Gasteiger partial charge is 0.341 e. The van der Waals surface area contributed by atoms with Crippen LogP contribution in [0.1, 0.15) is 10.4 Å². The zero-order valence-electron chi connectivity index (χ0n) is 5.37. The molecule has 5 heteroatoms. The molecule has 0 aliphatic carbocycles. The topological polar surface area (TPSA) is 70.2 Å².